The summed E-state index contributed by atoms with van der Waals surface area (Å²) < 4.78 is 26.0. The van der Waals surface area contributed by atoms with Gasteiger partial charge in [0.05, 0.1) is 16.7 Å². The summed E-state index contributed by atoms with van der Waals surface area (Å²) in [5.41, 5.74) is 0.274. The number of halogens is 1. The van der Waals surface area contributed by atoms with Gasteiger partial charge in [-0.1, -0.05) is 18.5 Å². The summed E-state index contributed by atoms with van der Waals surface area (Å²) in [4.78, 5) is -0.0222. The fraction of sp³-hybridized carbons (Fsp3) is 0.417. The lowest BCUT2D eigenvalue weighted by atomic mass is 10.2. The second kappa shape index (κ2) is 5.70. The van der Waals surface area contributed by atoms with E-state index in [-0.39, 0.29) is 21.5 Å². The van der Waals surface area contributed by atoms with E-state index >= 15 is 0 Å². The molecule has 1 rings (SSSR count). The van der Waals surface area contributed by atoms with Crippen LogP contribution in [0.2, 0.25) is 5.02 Å². The second-order valence-electron chi connectivity index (χ2n) is 4.04. The molecule has 1 aromatic rings. The van der Waals surface area contributed by atoms with E-state index in [0.29, 0.717) is 6.42 Å². The van der Waals surface area contributed by atoms with Gasteiger partial charge in [-0.15, -0.1) is 0 Å². The summed E-state index contributed by atoms with van der Waals surface area (Å²) in [6.45, 7) is 3.73. The summed E-state index contributed by atoms with van der Waals surface area (Å²) in [5.74, 6) is 0. The van der Waals surface area contributed by atoms with Crippen molar-refractivity contribution < 1.29 is 8.42 Å². The molecular formula is C12H15ClN2O2S. The first-order valence-corrected chi connectivity index (χ1v) is 7.34. The Balaban J connectivity index is 3.33. The van der Waals surface area contributed by atoms with Gasteiger partial charge in [-0.2, -0.15) is 9.57 Å². The number of nitrogens with zero attached hydrogens (tertiary/aromatic N) is 2. The van der Waals surface area contributed by atoms with E-state index in [4.69, 9.17) is 16.9 Å². The predicted octanol–water partition coefficient (Wildman–Crippen LogP) is 2.63. The van der Waals surface area contributed by atoms with Crippen LogP contribution in [0.1, 0.15) is 25.8 Å². The van der Waals surface area contributed by atoms with Crippen molar-refractivity contribution in [1.29, 1.82) is 5.26 Å². The van der Waals surface area contributed by atoms with Crippen molar-refractivity contribution in [2.45, 2.75) is 31.2 Å². The van der Waals surface area contributed by atoms with Crippen LogP contribution in [0.3, 0.4) is 0 Å². The van der Waals surface area contributed by atoms with Crippen molar-refractivity contribution in [3.63, 3.8) is 0 Å². The summed E-state index contributed by atoms with van der Waals surface area (Å²) in [5, 5.41) is 8.94. The zero-order valence-electron chi connectivity index (χ0n) is 10.5. The Bertz CT molecular complexity index is 578. The van der Waals surface area contributed by atoms with Gasteiger partial charge in [0, 0.05) is 13.1 Å². The van der Waals surface area contributed by atoms with Gasteiger partial charge >= 0.3 is 0 Å². The van der Waals surface area contributed by atoms with Gasteiger partial charge in [0.2, 0.25) is 10.0 Å². The number of nitriles is 1. The molecule has 0 saturated carbocycles. The monoisotopic (exact) mass is 286 g/mol. The third-order valence-electron chi connectivity index (χ3n) is 2.93. The zero-order valence-corrected chi connectivity index (χ0v) is 12.1. The van der Waals surface area contributed by atoms with E-state index < -0.39 is 10.0 Å². The molecule has 0 aliphatic rings. The standard InChI is InChI=1S/C12H15ClN2O2S/c1-4-9(2)15(3)18(16,17)12-7-10(8-14)5-6-11(12)13/h5-7,9H,4H2,1-3H3. The number of sulfonamides is 1. The molecule has 0 aromatic heterocycles. The zero-order chi connectivity index (χ0) is 13.9. The predicted molar refractivity (Wildman–Crippen MR) is 70.9 cm³/mol. The first-order valence-electron chi connectivity index (χ1n) is 5.52. The molecule has 0 heterocycles. The SMILES string of the molecule is CCC(C)N(C)S(=O)(=O)c1cc(C#N)ccc1Cl. The maximum Gasteiger partial charge on any atom is 0.244 e. The maximum atomic E-state index is 12.4. The third kappa shape index (κ3) is 2.83. The van der Waals surface area contributed by atoms with Crippen LogP contribution >= 0.6 is 11.6 Å². The highest BCUT2D eigenvalue weighted by molar-refractivity contribution is 7.89. The Morgan fingerprint density at radius 3 is 2.61 bits per heavy atom. The Morgan fingerprint density at radius 2 is 2.11 bits per heavy atom. The third-order valence-corrected chi connectivity index (χ3v) is 5.38. The van der Waals surface area contributed by atoms with E-state index in [1.165, 1.54) is 29.6 Å². The van der Waals surface area contributed by atoms with Crippen LogP contribution in [0.25, 0.3) is 0 Å². The first-order chi connectivity index (χ1) is 8.34. The van der Waals surface area contributed by atoms with Crippen LogP contribution in [-0.2, 0) is 10.0 Å². The lowest BCUT2D eigenvalue weighted by Crippen LogP contribution is -2.34. The molecule has 0 N–H and O–H groups in total. The molecule has 0 aliphatic carbocycles. The highest BCUT2D eigenvalue weighted by Gasteiger charge is 2.26. The van der Waals surface area contributed by atoms with E-state index in [1.54, 1.807) is 0 Å². The molecule has 1 aromatic carbocycles. The highest BCUT2D eigenvalue weighted by Crippen LogP contribution is 2.26. The van der Waals surface area contributed by atoms with Crippen molar-refractivity contribution in [2.75, 3.05) is 7.05 Å². The minimum Gasteiger partial charge on any atom is -0.207 e. The molecule has 0 spiro atoms. The average Bonchev–Trinajstić information content (AvgIpc) is 2.37. The first kappa shape index (κ1) is 15.0. The minimum atomic E-state index is -3.66. The van der Waals surface area contributed by atoms with Crippen LogP contribution in [0, 0.1) is 11.3 Å². The lowest BCUT2D eigenvalue weighted by Gasteiger charge is -2.23. The largest absolute Gasteiger partial charge is 0.244 e. The van der Waals surface area contributed by atoms with Gasteiger partial charge in [0.15, 0.2) is 0 Å². The molecule has 4 nitrogen and oxygen atoms in total. The maximum absolute atomic E-state index is 12.4. The molecule has 0 saturated heterocycles. The molecule has 0 amide bonds. The van der Waals surface area contributed by atoms with Crippen molar-refractivity contribution in [3.05, 3.63) is 28.8 Å². The van der Waals surface area contributed by atoms with Gasteiger partial charge < -0.3 is 0 Å². The number of benzene rings is 1. The number of hydrogen-bond acceptors (Lipinski definition) is 3. The number of rotatable bonds is 4. The fourth-order valence-corrected chi connectivity index (χ4v) is 3.35. The van der Waals surface area contributed by atoms with Gasteiger partial charge in [-0.25, -0.2) is 8.42 Å². The molecule has 1 atom stereocenters. The molecule has 0 radical (unpaired) electrons. The van der Waals surface area contributed by atoms with Crippen LogP contribution in [0.15, 0.2) is 23.1 Å². The summed E-state index contributed by atoms with van der Waals surface area (Å²) in [6, 6.07) is 6.00. The van der Waals surface area contributed by atoms with E-state index in [2.05, 4.69) is 0 Å². The van der Waals surface area contributed by atoms with Crippen LogP contribution in [0.5, 0.6) is 0 Å². The molecule has 18 heavy (non-hydrogen) atoms. The smallest absolute Gasteiger partial charge is 0.207 e. The van der Waals surface area contributed by atoms with Gasteiger partial charge in [-0.3, -0.25) is 0 Å². The van der Waals surface area contributed by atoms with E-state index in [0.717, 1.165) is 0 Å². The normalized spacial score (nSPS) is 13.3. The molecular weight excluding hydrogens is 272 g/mol. The van der Waals surface area contributed by atoms with Gasteiger partial charge in [0.25, 0.3) is 0 Å². The Morgan fingerprint density at radius 1 is 1.50 bits per heavy atom. The van der Waals surface area contributed by atoms with Gasteiger partial charge in [0.1, 0.15) is 4.90 Å². The lowest BCUT2D eigenvalue weighted by molar-refractivity contribution is 0.380. The summed E-state index contributed by atoms with van der Waals surface area (Å²) in [6.07, 6.45) is 0.700. The second-order valence-corrected chi connectivity index (χ2v) is 6.41. The highest BCUT2D eigenvalue weighted by atomic mass is 35.5. The Kier molecular flexibility index (Phi) is 4.74. The molecule has 98 valence electrons. The number of hydrogen-bond donors (Lipinski definition) is 0. The van der Waals surface area contributed by atoms with Crippen LogP contribution in [0.4, 0.5) is 0 Å². The van der Waals surface area contributed by atoms with Crippen molar-refractivity contribution in [2.24, 2.45) is 0 Å². The van der Waals surface area contributed by atoms with Crippen LogP contribution < -0.4 is 0 Å². The van der Waals surface area contributed by atoms with Crippen LogP contribution in [-0.4, -0.2) is 25.8 Å². The van der Waals surface area contributed by atoms with Crippen molar-refractivity contribution in [3.8, 4) is 6.07 Å². The summed E-state index contributed by atoms with van der Waals surface area (Å²) >= 11 is 5.91. The van der Waals surface area contributed by atoms with Crippen molar-refractivity contribution in [1.82, 2.24) is 4.31 Å². The minimum absolute atomic E-state index is 0.0222. The Hall–Kier alpha value is -1.09. The quantitative estimate of drug-likeness (QED) is 0.855. The topological polar surface area (TPSA) is 61.2 Å². The molecule has 6 heteroatoms. The van der Waals surface area contributed by atoms with E-state index in [1.807, 2.05) is 19.9 Å². The molecule has 0 aliphatic heterocycles. The van der Waals surface area contributed by atoms with Gasteiger partial charge in [-0.05, 0) is 31.5 Å². The average molecular weight is 287 g/mol. The fourth-order valence-electron chi connectivity index (χ4n) is 1.42. The van der Waals surface area contributed by atoms with E-state index in [9.17, 15) is 8.42 Å². The molecule has 1 unspecified atom stereocenters. The molecule has 0 bridgehead atoms. The van der Waals surface area contributed by atoms with Crippen molar-refractivity contribution >= 4 is 21.6 Å². The molecule has 0 fully saturated rings. The summed E-state index contributed by atoms with van der Waals surface area (Å²) in [7, 11) is -2.15. The Labute approximate surface area is 113 Å².